The number of likely N-dealkylation sites (tertiary alicyclic amines) is 1. The van der Waals surface area contributed by atoms with E-state index in [1.165, 1.54) is 75.0 Å². The summed E-state index contributed by atoms with van der Waals surface area (Å²) in [7, 11) is 2.17. The molecule has 0 aromatic heterocycles. The van der Waals surface area contributed by atoms with E-state index >= 15 is 0 Å². The second-order valence-electron chi connectivity index (χ2n) is 10.1. The third-order valence-corrected chi connectivity index (χ3v) is 7.53. The van der Waals surface area contributed by atoms with Crippen molar-refractivity contribution in [3.05, 3.63) is 66.5 Å². The average molecular weight is 463 g/mol. The van der Waals surface area contributed by atoms with Gasteiger partial charge in [0.2, 0.25) is 0 Å². The molecule has 0 radical (unpaired) electrons. The smallest absolute Gasteiger partial charge is 0.0434 e. The number of hydrogen-bond acceptors (Lipinski definition) is 4. The predicted octanol–water partition coefficient (Wildman–Crippen LogP) is 7.13. The summed E-state index contributed by atoms with van der Waals surface area (Å²) in [5, 5.41) is 7.07. The first-order chi connectivity index (χ1) is 16.5. The lowest BCUT2D eigenvalue weighted by Gasteiger charge is -2.29. The molecule has 2 aliphatic rings. The minimum absolute atomic E-state index is 0.490. The van der Waals surface area contributed by atoms with Gasteiger partial charge in [0.1, 0.15) is 0 Å². The number of nitrogens with one attached hydrogen (secondary N) is 2. The molecule has 4 nitrogen and oxygen atoms in total. The van der Waals surface area contributed by atoms with Crippen LogP contribution in [0.2, 0.25) is 0 Å². The van der Waals surface area contributed by atoms with E-state index in [2.05, 4.69) is 90.9 Å². The molecule has 2 N–H and O–H groups in total. The summed E-state index contributed by atoms with van der Waals surface area (Å²) in [5.41, 5.74) is 6.44. The zero-order chi connectivity index (χ0) is 24.4. The molecule has 0 spiro atoms. The number of likely N-dealkylation sites (N-methyl/N-ethyl adjacent to an activating group) is 1. The van der Waals surface area contributed by atoms with Crippen molar-refractivity contribution in [2.45, 2.75) is 58.8 Å². The van der Waals surface area contributed by atoms with Crippen molar-refractivity contribution in [2.24, 2.45) is 5.41 Å². The van der Waals surface area contributed by atoms with Crippen molar-refractivity contribution in [1.82, 2.24) is 9.80 Å². The van der Waals surface area contributed by atoms with Gasteiger partial charge in [0, 0.05) is 62.5 Å². The van der Waals surface area contributed by atoms with Crippen LogP contribution in [0.1, 0.15) is 64.4 Å². The van der Waals surface area contributed by atoms with Crippen LogP contribution in [0.4, 0.5) is 11.4 Å². The van der Waals surface area contributed by atoms with E-state index in [0.29, 0.717) is 5.41 Å². The fourth-order valence-corrected chi connectivity index (χ4v) is 4.79. The van der Waals surface area contributed by atoms with Crippen LogP contribution >= 0.6 is 0 Å². The monoisotopic (exact) mass is 462 g/mol. The second-order valence-corrected chi connectivity index (χ2v) is 10.1. The first-order valence-electron chi connectivity index (χ1n) is 13.2. The number of rotatable bonds is 14. The summed E-state index contributed by atoms with van der Waals surface area (Å²) >= 11 is 0. The van der Waals surface area contributed by atoms with Gasteiger partial charge in [-0.2, -0.15) is 0 Å². The standard InChI is InChI=1S/C30H46N4/c1-6-27-14-15-28(31-7-2)24-29(27)32-20-18-30(16-17-30)19-23-33(5)25(3)12-11-13-26(4)34-21-9-8-10-22-34/h6,11-15,24,31-32H,1,3,7-10,16-23H2,2,4-5H3/b12-11-,26-13+. The first-order valence-corrected chi connectivity index (χ1v) is 13.2. The summed E-state index contributed by atoms with van der Waals surface area (Å²) in [4.78, 5) is 4.81. The molecule has 1 heterocycles. The van der Waals surface area contributed by atoms with Crippen LogP contribution in [-0.4, -0.2) is 49.6 Å². The highest BCUT2D eigenvalue weighted by atomic mass is 15.1. The zero-order valence-electron chi connectivity index (χ0n) is 21.8. The summed E-state index contributed by atoms with van der Waals surface area (Å²) in [6.07, 6.45) is 17.6. The molecule has 2 fully saturated rings. The largest absolute Gasteiger partial charge is 0.385 e. The van der Waals surface area contributed by atoms with Gasteiger partial charge >= 0.3 is 0 Å². The first kappa shape index (κ1) is 26.0. The summed E-state index contributed by atoms with van der Waals surface area (Å²) in [6, 6.07) is 6.46. The molecule has 3 rings (SSSR count). The lowest BCUT2D eigenvalue weighted by Crippen LogP contribution is -2.27. The number of piperidine rings is 1. The number of benzene rings is 1. The molecule has 1 saturated carbocycles. The third-order valence-electron chi connectivity index (χ3n) is 7.53. The Balaban J connectivity index is 1.42. The molecule has 0 unspecified atom stereocenters. The molecule has 4 heteroatoms. The number of anilines is 2. The maximum atomic E-state index is 4.30. The van der Waals surface area contributed by atoms with Gasteiger partial charge in [-0.15, -0.1) is 0 Å². The van der Waals surface area contributed by atoms with Crippen molar-refractivity contribution in [3.8, 4) is 0 Å². The Bertz CT molecular complexity index is 872. The van der Waals surface area contributed by atoms with E-state index in [4.69, 9.17) is 0 Å². The normalized spacial score (nSPS) is 17.5. The van der Waals surface area contributed by atoms with Gasteiger partial charge < -0.3 is 20.4 Å². The fourth-order valence-electron chi connectivity index (χ4n) is 4.79. The molecule has 1 aliphatic carbocycles. The molecule has 0 amide bonds. The maximum Gasteiger partial charge on any atom is 0.0434 e. The summed E-state index contributed by atoms with van der Waals surface area (Å²) in [6.45, 7) is 18.0. The van der Waals surface area contributed by atoms with Gasteiger partial charge in [0.15, 0.2) is 0 Å². The molecule has 1 aromatic carbocycles. The quantitative estimate of drug-likeness (QED) is 0.288. The van der Waals surface area contributed by atoms with E-state index < -0.39 is 0 Å². The molecule has 1 aliphatic heterocycles. The van der Waals surface area contributed by atoms with Crippen molar-refractivity contribution in [3.63, 3.8) is 0 Å². The van der Waals surface area contributed by atoms with E-state index in [1.807, 2.05) is 6.08 Å². The third kappa shape index (κ3) is 7.72. The Labute approximate surface area is 208 Å². The topological polar surface area (TPSA) is 30.5 Å². The minimum Gasteiger partial charge on any atom is -0.385 e. The number of hydrogen-bond donors (Lipinski definition) is 2. The van der Waals surface area contributed by atoms with Crippen LogP contribution in [0.5, 0.6) is 0 Å². The molecule has 1 aromatic rings. The predicted molar refractivity (Wildman–Crippen MR) is 150 cm³/mol. The highest BCUT2D eigenvalue weighted by Gasteiger charge is 2.41. The molecular weight excluding hydrogens is 416 g/mol. The van der Waals surface area contributed by atoms with Gasteiger partial charge in [-0.3, -0.25) is 0 Å². The van der Waals surface area contributed by atoms with Gasteiger partial charge in [-0.25, -0.2) is 0 Å². The minimum atomic E-state index is 0.490. The molecular formula is C30H46N4. The second kappa shape index (κ2) is 12.7. The van der Waals surface area contributed by atoms with Crippen LogP contribution in [0.25, 0.3) is 6.08 Å². The molecule has 0 atom stereocenters. The van der Waals surface area contributed by atoms with Gasteiger partial charge in [-0.1, -0.05) is 31.4 Å². The van der Waals surface area contributed by atoms with E-state index in [0.717, 1.165) is 31.0 Å². The molecule has 1 saturated heterocycles. The average Bonchev–Trinajstić information content (AvgIpc) is 3.63. The SMILES string of the molecule is C=Cc1ccc(NCC)cc1NCCC1(CCN(C)C(=C)/C=C\C=C(/C)N2CCCCC2)CC1. The Hall–Kier alpha value is -2.62. The van der Waals surface area contributed by atoms with E-state index in [-0.39, 0.29) is 0 Å². The van der Waals surface area contributed by atoms with E-state index in [9.17, 15) is 0 Å². The summed E-state index contributed by atoms with van der Waals surface area (Å²) in [5.74, 6) is 0. The van der Waals surface area contributed by atoms with Crippen molar-refractivity contribution < 1.29 is 0 Å². The van der Waals surface area contributed by atoms with Crippen LogP contribution in [-0.2, 0) is 0 Å². The van der Waals surface area contributed by atoms with Gasteiger partial charge in [0.05, 0.1) is 0 Å². The lowest BCUT2D eigenvalue weighted by atomic mass is 9.97. The van der Waals surface area contributed by atoms with Crippen molar-refractivity contribution in [2.75, 3.05) is 50.4 Å². The Morgan fingerprint density at radius 2 is 1.91 bits per heavy atom. The number of allylic oxidation sites excluding steroid dienone is 4. The lowest BCUT2D eigenvalue weighted by molar-refractivity contribution is 0.286. The zero-order valence-corrected chi connectivity index (χ0v) is 21.8. The van der Waals surface area contributed by atoms with E-state index in [1.54, 1.807) is 0 Å². The van der Waals surface area contributed by atoms with Crippen LogP contribution in [0.3, 0.4) is 0 Å². The highest BCUT2D eigenvalue weighted by molar-refractivity contribution is 5.70. The summed E-state index contributed by atoms with van der Waals surface area (Å²) < 4.78 is 0. The van der Waals surface area contributed by atoms with Crippen LogP contribution < -0.4 is 10.6 Å². The molecule has 34 heavy (non-hydrogen) atoms. The molecule has 0 bridgehead atoms. The van der Waals surface area contributed by atoms with Crippen molar-refractivity contribution >= 4 is 17.5 Å². The Morgan fingerprint density at radius 1 is 1.15 bits per heavy atom. The maximum absolute atomic E-state index is 4.30. The fraction of sp³-hybridized carbons (Fsp3) is 0.533. The molecule has 186 valence electrons. The highest BCUT2D eigenvalue weighted by Crippen LogP contribution is 2.51. The van der Waals surface area contributed by atoms with Crippen LogP contribution in [0, 0.1) is 5.41 Å². The number of nitrogens with zero attached hydrogens (tertiary/aromatic N) is 2. The Morgan fingerprint density at radius 3 is 2.59 bits per heavy atom. The van der Waals surface area contributed by atoms with Gasteiger partial charge in [-0.05, 0) is 94.1 Å². The van der Waals surface area contributed by atoms with Crippen molar-refractivity contribution in [1.29, 1.82) is 0 Å². The Kier molecular flexibility index (Phi) is 9.74. The van der Waals surface area contributed by atoms with Crippen LogP contribution in [0.15, 0.2) is 61.0 Å². The van der Waals surface area contributed by atoms with Gasteiger partial charge in [0.25, 0.3) is 0 Å².